The smallest absolute Gasteiger partial charge is 0.119 e. The molecule has 1 aromatic heterocycles. The van der Waals surface area contributed by atoms with E-state index in [9.17, 15) is 0 Å². The number of nitrogens with one attached hydrogen (secondary N) is 1. The SMILES string of the molecule is CNCc1cc(OCCn2ccnc2C)ccc1Br. The Morgan fingerprint density at radius 3 is 2.95 bits per heavy atom. The van der Waals surface area contributed by atoms with Crippen molar-refractivity contribution in [1.29, 1.82) is 0 Å². The van der Waals surface area contributed by atoms with Gasteiger partial charge in [0.2, 0.25) is 0 Å². The molecule has 0 atom stereocenters. The Kier molecular flexibility index (Phi) is 4.99. The fourth-order valence-corrected chi connectivity index (χ4v) is 2.26. The van der Waals surface area contributed by atoms with E-state index < -0.39 is 0 Å². The minimum Gasteiger partial charge on any atom is -0.492 e. The van der Waals surface area contributed by atoms with E-state index in [0.29, 0.717) is 6.61 Å². The van der Waals surface area contributed by atoms with E-state index in [2.05, 4.69) is 36.9 Å². The molecule has 0 fully saturated rings. The highest BCUT2D eigenvalue weighted by Gasteiger charge is 2.02. The average molecular weight is 324 g/mol. The number of hydrogen-bond donors (Lipinski definition) is 1. The second-order valence-electron chi connectivity index (χ2n) is 4.30. The molecule has 2 aromatic rings. The molecule has 4 nitrogen and oxygen atoms in total. The van der Waals surface area contributed by atoms with Crippen molar-refractivity contribution in [2.45, 2.75) is 20.0 Å². The molecular weight excluding hydrogens is 306 g/mol. The van der Waals surface area contributed by atoms with Crippen LogP contribution in [0, 0.1) is 6.92 Å². The van der Waals surface area contributed by atoms with Crippen LogP contribution in [0.4, 0.5) is 0 Å². The van der Waals surface area contributed by atoms with Crippen molar-refractivity contribution in [3.8, 4) is 5.75 Å². The molecule has 0 aliphatic rings. The van der Waals surface area contributed by atoms with Crippen LogP contribution in [-0.4, -0.2) is 23.2 Å². The Balaban J connectivity index is 1.92. The molecule has 1 N–H and O–H groups in total. The summed E-state index contributed by atoms with van der Waals surface area (Å²) in [4.78, 5) is 4.19. The summed E-state index contributed by atoms with van der Waals surface area (Å²) in [6, 6.07) is 6.05. The van der Waals surface area contributed by atoms with E-state index >= 15 is 0 Å². The highest BCUT2D eigenvalue weighted by Crippen LogP contribution is 2.22. The summed E-state index contributed by atoms with van der Waals surface area (Å²) in [5.41, 5.74) is 1.19. The van der Waals surface area contributed by atoms with Gasteiger partial charge in [-0.1, -0.05) is 15.9 Å². The minimum absolute atomic E-state index is 0.637. The largest absolute Gasteiger partial charge is 0.492 e. The van der Waals surface area contributed by atoms with Crippen LogP contribution < -0.4 is 10.1 Å². The molecule has 0 amide bonds. The third-order valence-corrected chi connectivity index (χ3v) is 3.68. The number of benzene rings is 1. The lowest BCUT2D eigenvalue weighted by molar-refractivity contribution is 0.296. The fraction of sp³-hybridized carbons (Fsp3) is 0.357. The molecule has 1 heterocycles. The van der Waals surface area contributed by atoms with Crippen molar-refractivity contribution in [2.75, 3.05) is 13.7 Å². The van der Waals surface area contributed by atoms with E-state index in [4.69, 9.17) is 4.74 Å². The van der Waals surface area contributed by atoms with Crippen LogP contribution in [0.2, 0.25) is 0 Å². The molecule has 5 heteroatoms. The molecule has 0 radical (unpaired) electrons. The average Bonchev–Trinajstić information content (AvgIpc) is 2.79. The van der Waals surface area contributed by atoms with Gasteiger partial charge in [0.1, 0.15) is 18.2 Å². The van der Waals surface area contributed by atoms with Gasteiger partial charge < -0.3 is 14.6 Å². The van der Waals surface area contributed by atoms with Gasteiger partial charge in [-0.2, -0.15) is 0 Å². The summed E-state index contributed by atoms with van der Waals surface area (Å²) >= 11 is 3.53. The molecule has 19 heavy (non-hydrogen) atoms. The Morgan fingerprint density at radius 1 is 1.42 bits per heavy atom. The molecular formula is C14H18BrN3O. The van der Waals surface area contributed by atoms with Gasteiger partial charge in [0.25, 0.3) is 0 Å². The van der Waals surface area contributed by atoms with Crippen LogP contribution in [0.5, 0.6) is 5.75 Å². The highest BCUT2D eigenvalue weighted by atomic mass is 79.9. The zero-order valence-electron chi connectivity index (χ0n) is 11.2. The molecule has 0 aliphatic heterocycles. The number of nitrogens with zero attached hydrogens (tertiary/aromatic N) is 2. The lowest BCUT2D eigenvalue weighted by atomic mass is 10.2. The van der Waals surface area contributed by atoms with Crippen LogP contribution in [0.15, 0.2) is 35.1 Å². The maximum absolute atomic E-state index is 5.78. The zero-order valence-corrected chi connectivity index (χ0v) is 12.8. The van der Waals surface area contributed by atoms with Gasteiger partial charge in [-0.05, 0) is 37.7 Å². The molecule has 0 spiro atoms. The van der Waals surface area contributed by atoms with Crippen molar-refractivity contribution in [3.63, 3.8) is 0 Å². The quantitative estimate of drug-likeness (QED) is 0.888. The first-order chi connectivity index (χ1) is 9.20. The van der Waals surface area contributed by atoms with E-state index in [-0.39, 0.29) is 0 Å². The molecule has 1 aromatic carbocycles. The Bertz CT molecular complexity index is 539. The Morgan fingerprint density at radius 2 is 2.26 bits per heavy atom. The minimum atomic E-state index is 0.637. The maximum atomic E-state index is 5.78. The topological polar surface area (TPSA) is 39.1 Å². The van der Waals surface area contributed by atoms with Gasteiger partial charge >= 0.3 is 0 Å². The van der Waals surface area contributed by atoms with Gasteiger partial charge in [-0.15, -0.1) is 0 Å². The normalized spacial score (nSPS) is 10.7. The standard InChI is InChI=1S/C14H18BrN3O/c1-11-17-5-6-18(11)7-8-19-13-3-4-14(15)12(9-13)10-16-2/h3-6,9,16H,7-8,10H2,1-2H3. The summed E-state index contributed by atoms with van der Waals surface area (Å²) in [6.07, 6.45) is 3.77. The Hall–Kier alpha value is -1.33. The first-order valence-electron chi connectivity index (χ1n) is 6.24. The number of halogens is 1. The molecule has 0 aliphatic carbocycles. The van der Waals surface area contributed by atoms with Crippen LogP contribution in [-0.2, 0) is 13.1 Å². The zero-order chi connectivity index (χ0) is 13.7. The van der Waals surface area contributed by atoms with Crippen molar-refractivity contribution < 1.29 is 4.74 Å². The van der Waals surface area contributed by atoms with Gasteiger partial charge in [0.05, 0.1) is 6.54 Å². The second-order valence-corrected chi connectivity index (χ2v) is 5.15. The third kappa shape index (κ3) is 3.81. The number of aryl methyl sites for hydroxylation is 1. The van der Waals surface area contributed by atoms with Crippen molar-refractivity contribution in [3.05, 3.63) is 46.5 Å². The molecule has 2 rings (SSSR count). The number of ether oxygens (including phenoxy) is 1. The summed E-state index contributed by atoms with van der Waals surface area (Å²) in [7, 11) is 1.93. The van der Waals surface area contributed by atoms with E-state index in [0.717, 1.165) is 29.1 Å². The molecule has 0 saturated heterocycles. The first kappa shape index (κ1) is 14.1. The van der Waals surface area contributed by atoms with E-state index in [1.807, 2.05) is 32.3 Å². The van der Waals surface area contributed by atoms with Crippen LogP contribution >= 0.6 is 15.9 Å². The van der Waals surface area contributed by atoms with Crippen molar-refractivity contribution in [1.82, 2.24) is 14.9 Å². The summed E-state index contributed by atoms with van der Waals surface area (Å²) < 4.78 is 8.95. The molecule has 0 bridgehead atoms. The fourth-order valence-electron chi connectivity index (χ4n) is 1.87. The van der Waals surface area contributed by atoms with E-state index in [1.165, 1.54) is 5.56 Å². The van der Waals surface area contributed by atoms with Crippen molar-refractivity contribution in [2.24, 2.45) is 0 Å². The van der Waals surface area contributed by atoms with Gasteiger partial charge in [0, 0.05) is 23.4 Å². The van der Waals surface area contributed by atoms with Gasteiger partial charge in [0.15, 0.2) is 0 Å². The van der Waals surface area contributed by atoms with Crippen molar-refractivity contribution >= 4 is 15.9 Å². The second kappa shape index (κ2) is 6.73. The van der Waals surface area contributed by atoms with Gasteiger partial charge in [-0.3, -0.25) is 0 Å². The third-order valence-electron chi connectivity index (χ3n) is 2.91. The van der Waals surface area contributed by atoms with Crippen LogP contribution in [0.1, 0.15) is 11.4 Å². The Labute approximate surface area is 121 Å². The number of rotatable bonds is 6. The van der Waals surface area contributed by atoms with E-state index in [1.54, 1.807) is 6.20 Å². The lowest BCUT2D eigenvalue weighted by Gasteiger charge is -2.10. The molecule has 102 valence electrons. The number of imidazole rings is 1. The summed E-state index contributed by atoms with van der Waals surface area (Å²) in [5.74, 6) is 1.90. The summed E-state index contributed by atoms with van der Waals surface area (Å²) in [6.45, 7) is 4.25. The van der Waals surface area contributed by atoms with Crippen LogP contribution in [0.3, 0.4) is 0 Å². The monoisotopic (exact) mass is 323 g/mol. The van der Waals surface area contributed by atoms with Crippen LogP contribution in [0.25, 0.3) is 0 Å². The maximum Gasteiger partial charge on any atom is 0.119 e. The summed E-state index contributed by atoms with van der Waals surface area (Å²) in [5, 5.41) is 3.14. The molecule has 0 unspecified atom stereocenters. The van der Waals surface area contributed by atoms with Gasteiger partial charge in [-0.25, -0.2) is 4.98 Å². The number of aromatic nitrogens is 2. The highest BCUT2D eigenvalue weighted by molar-refractivity contribution is 9.10. The predicted molar refractivity (Wildman–Crippen MR) is 79.4 cm³/mol. The number of hydrogen-bond acceptors (Lipinski definition) is 3. The molecule has 0 saturated carbocycles. The predicted octanol–water partition coefficient (Wildman–Crippen LogP) is 2.75. The first-order valence-corrected chi connectivity index (χ1v) is 7.03. The lowest BCUT2D eigenvalue weighted by Crippen LogP contribution is -2.09.